The Kier molecular flexibility index (Phi) is 5.02. The van der Waals surface area contributed by atoms with Crippen molar-refractivity contribution in [1.29, 1.82) is 0 Å². The maximum absolute atomic E-state index is 5.40. The molecule has 0 unspecified atom stereocenters. The van der Waals surface area contributed by atoms with Gasteiger partial charge in [-0.2, -0.15) is 0 Å². The Hall–Kier alpha value is -0.840. The fourth-order valence-corrected chi connectivity index (χ4v) is 3.55. The summed E-state index contributed by atoms with van der Waals surface area (Å²) in [6.07, 6.45) is 0. The van der Waals surface area contributed by atoms with E-state index in [1.807, 2.05) is 29.5 Å². The highest BCUT2D eigenvalue weighted by molar-refractivity contribution is 9.10. The standard InChI is InChI=1S/C15H18BrNOS/c1-10(13-6-4-5-7-15(13)18-3)17-9-12-8-14(16)11(2)19-12/h4-8,10,17H,9H2,1-3H3/t10-/m0/s1. The molecule has 0 radical (unpaired) electrons. The number of ether oxygens (including phenoxy) is 1. The molecule has 2 rings (SSSR count). The van der Waals surface area contributed by atoms with E-state index >= 15 is 0 Å². The molecule has 0 aliphatic rings. The van der Waals surface area contributed by atoms with Gasteiger partial charge >= 0.3 is 0 Å². The van der Waals surface area contributed by atoms with Gasteiger partial charge in [-0.05, 0) is 41.9 Å². The van der Waals surface area contributed by atoms with Crippen LogP contribution in [0.1, 0.15) is 28.3 Å². The Morgan fingerprint density at radius 1 is 1.37 bits per heavy atom. The van der Waals surface area contributed by atoms with Gasteiger partial charge in [0.25, 0.3) is 0 Å². The molecule has 1 heterocycles. The molecule has 2 aromatic rings. The zero-order chi connectivity index (χ0) is 13.8. The first-order valence-electron chi connectivity index (χ1n) is 6.23. The lowest BCUT2D eigenvalue weighted by molar-refractivity contribution is 0.401. The van der Waals surface area contributed by atoms with Crippen molar-refractivity contribution >= 4 is 27.3 Å². The molecule has 1 aromatic heterocycles. The molecule has 0 spiro atoms. The predicted molar refractivity (Wildman–Crippen MR) is 85.0 cm³/mol. The van der Waals surface area contributed by atoms with E-state index in [0.29, 0.717) is 0 Å². The van der Waals surface area contributed by atoms with Crippen molar-refractivity contribution in [2.24, 2.45) is 0 Å². The number of hydrogen-bond acceptors (Lipinski definition) is 3. The minimum absolute atomic E-state index is 0.261. The maximum Gasteiger partial charge on any atom is 0.123 e. The topological polar surface area (TPSA) is 21.3 Å². The molecule has 19 heavy (non-hydrogen) atoms. The molecule has 102 valence electrons. The number of para-hydroxylation sites is 1. The Balaban J connectivity index is 2.03. The molecule has 1 aromatic carbocycles. The lowest BCUT2D eigenvalue weighted by Crippen LogP contribution is -2.18. The van der Waals surface area contributed by atoms with E-state index in [1.165, 1.54) is 19.8 Å². The van der Waals surface area contributed by atoms with Crippen LogP contribution in [0.3, 0.4) is 0 Å². The van der Waals surface area contributed by atoms with Crippen LogP contribution in [-0.4, -0.2) is 7.11 Å². The second-order valence-corrected chi connectivity index (χ2v) is 6.66. The molecule has 0 aliphatic carbocycles. The van der Waals surface area contributed by atoms with E-state index in [4.69, 9.17) is 4.74 Å². The largest absolute Gasteiger partial charge is 0.496 e. The van der Waals surface area contributed by atoms with Crippen LogP contribution in [0.5, 0.6) is 5.75 Å². The van der Waals surface area contributed by atoms with Crippen molar-refractivity contribution < 1.29 is 4.74 Å². The third-order valence-corrected chi connectivity index (χ3v) is 5.23. The Morgan fingerprint density at radius 2 is 2.11 bits per heavy atom. The van der Waals surface area contributed by atoms with Gasteiger partial charge in [-0.3, -0.25) is 0 Å². The SMILES string of the molecule is COc1ccccc1[C@H](C)NCc1cc(Br)c(C)s1. The summed E-state index contributed by atoms with van der Waals surface area (Å²) in [5.41, 5.74) is 1.19. The third kappa shape index (κ3) is 3.59. The van der Waals surface area contributed by atoms with Gasteiger partial charge < -0.3 is 10.1 Å². The molecule has 0 saturated heterocycles. The van der Waals surface area contributed by atoms with Crippen LogP contribution in [0.2, 0.25) is 0 Å². The molecule has 0 aliphatic heterocycles. The fraction of sp³-hybridized carbons (Fsp3) is 0.333. The van der Waals surface area contributed by atoms with E-state index in [2.05, 4.69) is 47.2 Å². The third-order valence-electron chi connectivity index (χ3n) is 3.10. The Morgan fingerprint density at radius 3 is 2.74 bits per heavy atom. The van der Waals surface area contributed by atoms with Gasteiger partial charge in [0.1, 0.15) is 5.75 Å². The number of rotatable bonds is 5. The van der Waals surface area contributed by atoms with Crippen molar-refractivity contribution in [3.8, 4) is 5.75 Å². The highest BCUT2D eigenvalue weighted by Crippen LogP contribution is 2.28. The summed E-state index contributed by atoms with van der Waals surface area (Å²) in [5.74, 6) is 0.936. The number of aryl methyl sites for hydroxylation is 1. The van der Waals surface area contributed by atoms with Crippen LogP contribution in [0.15, 0.2) is 34.8 Å². The van der Waals surface area contributed by atoms with Crippen molar-refractivity contribution in [3.63, 3.8) is 0 Å². The molecule has 1 atom stereocenters. The van der Waals surface area contributed by atoms with Crippen LogP contribution >= 0.6 is 27.3 Å². The number of benzene rings is 1. The maximum atomic E-state index is 5.40. The number of nitrogens with one attached hydrogen (secondary N) is 1. The average molecular weight is 340 g/mol. The summed E-state index contributed by atoms with van der Waals surface area (Å²) >= 11 is 5.37. The number of hydrogen-bond donors (Lipinski definition) is 1. The molecular weight excluding hydrogens is 322 g/mol. The lowest BCUT2D eigenvalue weighted by atomic mass is 10.1. The van der Waals surface area contributed by atoms with E-state index in [1.54, 1.807) is 7.11 Å². The van der Waals surface area contributed by atoms with Gasteiger partial charge in [0.15, 0.2) is 0 Å². The van der Waals surface area contributed by atoms with Gasteiger partial charge in [0.2, 0.25) is 0 Å². The van der Waals surface area contributed by atoms with E-state index in [9.17, 15) is 0 Å². The quantitative estimate of drug-likeness (QED) is 0.853. The van der Waals surface area contributed by atoms with Gasteiger partial charge in [-0.15, -0.1) is 11.3 Å². The predicted octanol–water partition coefficient (Wildman–Crippen LogP) is 4.68. The molecule has 2 nitrogen and oxygen atoms in total. The molecular formula is C15H18BrNOS. The number of methoxy groups -OCH3 is 1. The second kappa shape index (κ2) is 6.55. The first-order valence-corrected chi connectivity index (χ1v) is 7.84. The van der Waals surface area contributed by atoms with Crippen LogP contribution in [0.25, 0.3) is 0 Å². The molecule has 0 fully saturated rings. The van der Waals surface area contributed by atoms with Crippen LogP contribution in [0, 0.1) is 6.92 Å². The zero-order valence-corrected chi connectivity index (χ0v) is 13.8. The van der Waals surface area contributed by atoms with Crippen LogP contribution < -0.4 is 10.1 Å². The van der Waals surface area contributed by atoms with Gasteiger partial charge in [0, 0.05) is 32.4 Å². The number of halogens is 1. The molecule has 0 saturated carbocycles. The summed E-state index contributed by atoms with van der Waals surface area (Å²) in [4.78, 5) is 2.66. The highest BCUT2D eigenvalue weighted by atomic mass is 79.9. The van der Waals surface area contributed by atoms with Crippen molar-refractivity contribution in [1.82, 2.24) is 5.32 Å². The average Bonchev–Trinajstić information content (AvgIpc) is 2.75. The van der Waals surface area contributed by atoms with Crippen molar-refractivity contribution in [2.45, 2.75) is 26.4 Å². The molecule has 0 bridgehead atoms. The highest BCUT2D eigenvalue weighted by Gasteiger charge is 2.11. The minimum atomic E-state index is 0.261. The Labute approximate surface area is 126 Å². The second-order valence-electron chi connectivity index (χ2n) is 4.46. The van der Waals surface area contributed by atoms with Crippen LogP contribution in [0.4, 0.5) is 0 Å². The first-order chi connectivity index (χ1) is 9.11. The van der Waals surface area contributed by atoms with Crippen molar-refractivity contribution in [3.05, 3.63) is 50.1 Å². The summed E-state index contributed by atoms with van der Waals surface area (Å²) in [5, 5.41) is 3.54. The smallest absolute Gasteiger partial charge is 0.123 e. The lowest BCUT2D eigenvalue weighted by Gasteiger charge is -2.16. The summed E-state index contributed by atoms with van der Waals surface area (Å²) in [6, 6.07) is 10.6. The summed E-state index contributed by atoms with van der Waals surface area (Å²) in [7, 11) is 1.71. The molecule has 4 heteroatoms. The van der Waals surface area contributed by atoms with Crippen molar-refractivity contribution in [2.75, 3.05) is 7.11 Å². The van der Waals surface area contributed by atoms with E-state index in [-0.39, 0.29) is 6.04 Å². The summed E-state index contributed by atoms with van der Waals surface area (Å²) in [6.45, 7) is 5.16. The van der Waals surface area contributed by atoms with Gasteiger partial charge in [-0.1, -0.05) is 18.2 Å². The normalized spacial score (nSPS) is 12.4. The fourth-order valence-electron chi connectivity index (χ4n) is 1.99. The Bertz CT molecular complexity index is 533. The number of thiophene rings is 1. The summed E-state index contributed by atoms with van der Waals surface area (Å²) < 4.78 is 6.59. The van der Waals surface area contributed by atoms with Gasteiger partial charge in [0.05, 0.1) is 7.11 Å². The van der Waals surface area contributed by atoms with Gasteiger partial charge in [-0.25, -0.2) is 0 Å². The zero-order valence-electron chi connectivity index (χ0n) is 11.4. The van der Waals surface area contributed by atoms with E-state index in [0.717, 1.165) is 12.3 Å². The first kappa shape index (κ1) is 14.6. The molecule has 0 amide bonds. The van der Waals surface area contributed by atoms with Crippen LogP contribution in [-0.2, 0) is 6.54 Å². The monoisotopic (exact) mass is 339 g/mol. The van der Waals surface area contributed by atoms with E-state index < -0.39 is 0 Å². The minimum Gasteiger partial charge on any atom is -0.496 e. The molecule has 1 N–H and O–H groups in total.